The fraction of sp³-hybridized carbons (Fsp3) is 0.125. The van der Waals surface area contributed by atoms with Crippen LogP contribution in [-0.4, -0.2) is 27.0 Å². The number of aryl methyl sites for hydroxylation is 1. The molecule has 1 fully saturated rings. The maximum absolute atomic E-state index is 14.1. The zero-order valence-electron chi connectivity index (χ0n) is 22.8. The predicted molar refractivity (Wildman–Crippen MR) is 161 cm³/mol. The number of aliphatic hydroxyl groups is 1. The summed E-state index contributed by atoms with van der Waals surface area (Å²) in [6, 6.07) is 23.2. The van der Waals surface area contributed by atoms with Crippen LogP contribution >= 0.6 is 23.1 Å². The van der Waals surface area contributed by atoms with E-state index in [1.807, 2.05) is 31.2 Å². The zero-order valence-corrected chi connectivity index (χ0v) is 24.4. The van der Waals surface area contributed by atoms with Gasteiger partial charge in [0, 0.05) is 11.3 Å². The highest BCUT2D eigenvalue weighted by Gasteiger charge is 2.49. The Labute approximate surface area is 254 Å². The molecule has 0 saturated carbocycles. The van der Waals surface area contributed by atoms with Gasteiger partial charge >= 0.3 is 5.91 Å². The second kappa shape index (κ2) is 12.2. The predicted octanol–water partition coefficient (Wildman–Crippen LogP) is 7.08. The fourth-order valence-electron chi connectivity index (χ4n) is 4.69. The van der Waals surface area contributed by atoms with Crippen LogP contribution in [-0.2, 0) is 21.9 Å². The van der Waals surface area contributed by atoms with Gasteiger partial charge in [0.25, 0.3) is 5.78 Å². The average Bonchev–Trinajstić information content (AvgIpc) is 3.76. The lowest BCUT2D eigenvalue weighted by molar-refractivity contribution is -0.132. The third-order valence-electron chi connectivity index (χ3n) is 6.78. The van der Waals surface area contributed by atoms with Gasteiger partial charge in [0.2, 0.25) is 5.13 Å². The number of halogens is 1. The lowest BCUT2D eigenvalue weighted by Crippen LogP contribution is -2.29. The molecule has 1 aliphatic rings. The summed E-state index contributed by atoms with van der Waals surface area (Å²) < 4.78 is 26.0. The monoisotopic (exact) mass is 613 g/mol. The van der Waals surface area contributed by atoms with E-state index in [2.05, 4.69) is 10.2 Å². The molecule has 11 heteroatoms. The van der Waals surface area contributed by atoms with Gasteiger partial charge in [-0.25, -0.2) is 4.39 Å². The molecule has 6 rings (SSSR count). The number of aromatic nitrogens is 2. The molecule has 1 N–H and O–H groups in total. The quantitative estimate of drug-likeness (QED) is 0.0618. The van der Waals surface area contributed by atoms with E-state index in [0.717, 1.165) is 22.5 Å². The van der Waals surface area contributed by atoms with Crippen molar-refractivity contribution in [3.63, 3.8) is 0 Å². The Hall–Kier alpha value is -4.74. The molecule has 8 nitrogen and oxygen atoms in total. The Balaban J connectivity index is 1.26. The Morgan fingerprint density at radius 3 is 2.60 bits per heavy atom. The third kappa shape index (κ3) is 5.95. The van der Waals surface area contributed by atoms with Crippen molar-refractivity contribution in [2.45, 2.75) is 29.7 Å². The van der Waals surface area contributed by atoms with Crippen molar-refractivity contribution in [1.82, 2.24) is 10.2 Å². The van der Waals surface area contributed by atoms with E-state index in [0.29, 0.717) is 33.6 Å². The number of amides is 1. The highest BCUT2D eigenvalue weighted by molar-refractivity contribution is 8.00. The number of carbonyl (C=O) groups is 2. The van der Waals surface area contributed by atoms with Gasteiger partial charge in [-0.1, -0.05) is 71.1 Å². The molecule has 216 valence electrons. The number of thioether (sulfide) groups is 1. The van der Waals surface area contributed by atoms with E-state index in [9.17, 15) is 19.1 Å². The molecule has 5 aromatic rings. The Morgan fingerprint density at radius 1 is 1.05 bits per heavy atom. The largest absolute Gasteiger partial charge is 0.507 e. The molecule has 0 aliphatic carbocycles. The summed E-state index contributed by atoms with van der Waals surface area (Å²) in [5, 5.41) is 19.8. The summed E-state index contributed by atoms with van der Waals surface area (Å²) in [5.41, 5.74) is 2.86. The number of carbonyl (C=O) groups excluding carboxylic acids is 2. The first-order chi connectivity index (χ1) is 20.9. The smallest absolute Gasteiger partial charge is 0.302 e. The molecule has 0 bridgehead atoms. The summed E-state index contributed by atoms with van der Waals surface area (Å²) in [4.78, 5) is 27.9. The Kier molecular flexibility index (Phi) is 8.08. The van der Waals surface area contributed by atoms with Gasteiger partial charge in [0.05, 0.1) is 11.8 Å². The average molecular weight is 614 g/mol. The number of nitrogens with zero attached hydrogens (tertiary/aromatic N) is 3. The number of rotatable bonds is 9. The number of ketones is 1. The van der Waals surface area contributed by atoms with Crippen molar-refractivity contribution in [3.8, 4) is 5.75 Å². The fourth-order valence-corrected chi connectivity index (χ4v) is 6.55. The maximum Gasteiger partial charge on any atom is 0.302 e. The van der Waals surface area contributed by atoms with Crippen LogP contribution in [0.2, 0.25) is 0 Å². The highest BCUT2D eigenvalue weighted by Crippen LogP contribution is 2.44. The summed E-state index contributed by atoms with van der Waals surface area (Å²) in [6.07, 6.45) is 1.42. The molecular weight excluding hydrogens is 590 g/mol. The molecule has 2 aromatic heterocycles. The van der Waals surface area contributed by atoms with E-state index in [1.54, 1.807) is 54.6 Å². The number of furan rings is 1. The zero-order chi connectivity index (χ0) is 29.9. The summed E-state index contributed by atoms with van der Waals surface area (Å²) in [6.45, 7) is 2.39. The van der Waals surface area contributed by atoms with Gasteiger partial charge in [-0.05, 0) is 60.5 Å². The van der Waals surface area contributed by atoms with Gasteiger partial charge in [0.15, 0.2) is 4.34 Å². The second-order valence-corrected chi connectivity index (χ2v) is 11.9. The van der Waals surface area contributed by atoms with Gasteiger partial charge < -0.3 is 14.3 Å². The topological polar surface area (TPSA) is 106 Å². The molecule has 3 heterocycles. The van der Waals surface area contributed by atoms with E-state index in [4.69, 9.17) is 9.15 Å². The highest BCUT2D eigenvalue weighted by atomic mass is 32.2. The number of hydrogen-bond donors (Lipinski definition) is 1. The van der Waals surface area contributed by atoms with Crippen molar-refractivity contribution >= 4 is 45.7 Å². The molecular formula is C32H24FN3O5S2. The van der Waals surface area contributed by atoms with Crippen molar-refractivity contribution < 1.29 is 28.2 Å². The number of benzene rings is 3. The van der Waals surface area contributed by atoms with E-state index in [1.165, 1.54) is 29.0 Å². The summed E-state index contributed by atoms with van der Waals surface area (Å²) in [5.74, 6) is -1.27. The molecule has 1 amide bonds. The number of ether oxygens (including phenoxy) is 1. The first-order valence-electron chi connectivity index (χ1n) is 13.2. The van der Waals surface area contributed by atoms with E-state index < -0.39 is 17.7 Å². The molecule has 0 spiro atoms. The Morgan fingerprint density at radius 2 is 1.86 bits per heavy atom. The van der Waals surface area contributed by atoms with E-state index in [-0.39, 0.29) is 28.0 Å². The van der Waals surface area contributed by atoms with Crippen LogP contribution in [0.1, 0.15) is 34.1 Å². The number of aliphatic hydroxyl groups excluding tert-OH is 1. The number of anilines is 1. The molecule has 1 aliphatic heterocycles. The van der Waals surface area contributed by atoms with Crippen LogP contribution in [0.25, 0.3) is 5.76 Å². The van der Waals surface area contributed by atoms with Gasteiger partial charge in [-0.2, -0.15) is 0 Å². The molecule has 1 saturated heterocycles. The normalized spacial score (nSPS) is 16.1. The van der Waals surface area contributed by atoms with Crippen LogP contribution in [0.15, 0.2) is 106 Å². The van der Waals surface area contributed by atoms with Gasteiger partial charge in [-0.3, -0.25) is 14.5 Å². The van der Waals surface area contributed by atoms with Crippen molar-refractivity contribution in [3.05, 3.63) is 131 Å². The molecule has 0 radical (unpaired) electrons. The minimum atomic E-state index is -1.07. The molecule has 3 aromatic carbocycles. The van der Waals surface area contributed by atoms with Crippen molar-refractivity contribution in [2.24, 2.45) is 0 Å². The van der Waals surface area contributed by atoms with Gasteiger partial charge in [0.1, 0.15) is 35.7 Å². The first-order valence-corrected chi connectivity index (χ1v) is 15.0. The lowest BCUT2D eigenvalue weighted by Gasteiger charge is -2.20. The SMILES string of the molecule is Cc1cccc(COc2ccc(C(O)=C3C(=O)C(=O)N(c4nnc(SCc5ccccc5F)s4)C3c3ccco3)cc2)c1. The molecule has 1 atom stereocenters. The van der Waals surface area contributed by atoms with Crippen LogP contribution in [0.3, 0.4) is 0 Å². The van der Waals surface area contributed by atoms with Crippen LogP contribution < -0.4 is 9.64 Å². The van der Waals surface area contributed by atoms with E-state index >= 15 is 0 Å². The molecule has 1 unspecified atom stereocenters. The van der Waals surface area contributed by atoms with Crippen molar-refractivity contribution in [2.75, 3.05) is 4.90 Å². The number of hydrogen-bond acceptors (Lipinski definition) is 9. The minimum Gasteiger partial charge on any atom is -0.507 e. The summed E-state index contributed by atoms with van der Waals surface area (Å²) in [7, 11) is 0. The third-order valence-corrected chi connectivity index (χ3v) is 8.89. The lowest BCUT2D eigenvalue weighted by atomic mass is 9.99. The van der Waals surface area contributed by atoms with Crippen LogP contribution in [0.5, 0.6) is 5.75 Å². The first kappa shape index (κ1) is 28.4. The molecule has 43 heavy (non-hydrogen) atoms. The van der Waals surface area contributed by atoms with Gasteiger partial charge in [-0.15, -0.1) is 10.2 Å². The minimum absolute atomic E-state index is 0.135. The van der Waals surface area contributed by atoms with Crippen LogP contribution in [0.4, 0.5) is 9.52 Å². The second-order valence-electron chi connectivity index (χ2n) is 9.72. The summed E-state index contributed by atoms with van der Waals surface area (Å²) >= 11 is 2.35. The van der Waals surface area contributed by atoms with Crippen molar-refractivity contribution in [1.29, 1.82) is 0 Å². The standard InChI is InChI=1S/C32H24FN3O5S2/c1-19-6-4-7-20(16-19)17-41-23-13-11-21(12-14-23)28(37)26-27(25-10-5-15-40-25)36(30(39)29(26)38)31-34-35-32(43-31)42-18-22-8-2-3-9-24(22)33/h2-16,27,37H,17-18H2,1H3. The number of Topliss-reactive ketones (excluding diaryl/α,β-unsaturated/α-hetero) is 1. The Bertz CT molecular complexity index is 1820. The van der Waals surface area contributed by atoms with Crippen LogP contribution in [0, 0.1) is 12.7 Å². The maximum atomic E-state index is 14.1.